The predicted molar refractivity (Wildman–Crippen MR) is 59.0 cm³/mol. The van der Waals surface area contributed by atoms with E-state index in [0.717, 1.165) is 18.9 Å². The van der Waals surface area contributed by atoms with E-state index in [9.17, 15) is 0 Å². The SMILES string of the molecule is N#CC1CNCCN1Cc1nc(C2CC2)no1. The van der Waals surface area contributed by atoms with E-state index in [1.54, 1.807) is 0 Å². The van der Waals surface area contributed by atoms with Gasteiger partial charge in [-0.05, 0) is 12.8 Å². The number of nitrogens with one attached hydrogen (secondary N) is 1. The minimum absolute atomic E-state index is 0.0972. The Hall–Kier alpha value is -1.45. The van der Waals surface area contributed by atoms with Gasteiger partial charge in [-0.3, -0.25) is 4.90 Å². The molecule has 0 radical (unpaired) electrons. The third-order valence-corrected chi connectivity index (χ3v) is 3.27. The van der Waals surface area contributed by atoms with Gasteiger partial charge in [-0.2, -0.15) is 10.2 Å². The maximum absolute atomic E-state index is 9.04. The molecule has 90 valence electrons. The Kier molecular flexibility index (Phi) is 2.79. The van der Waals surface area contributed by atoms with E-state index in [0.29, 0.717) is 24.9 Å². The highest BCUT2D eigenvalue weighted by Gasteiger charge is 2.30. The molecule has 0 spiro atoms. The largest absolute Gasteiger partial charge is 0.338 e. The molecule has 1 unspecified atom stereocenters. The maximum atomic E-state index is 9.04. The summed E-state index contributed by atoms with van der Waals surface area (Å²) in [6.45, 7) is 3.04. The fourth-order valence-corrected chi connectivity index (χ4v) is 2.08. The summed E-state index contributed by atoms with van der Waals surface area (Å²) in [6.07, 6.45) is 2.35. The molecule has 1 N–H and O–H groups in total. The number of nitriles is 1. The summed E-state index contributed by atoms with van der Waals surface area (Å²) >= 11 is 0. The van der Waals surface area contributed by atoms with Crippen LogP contribution in [0.25, 0.3) is 0 Å². The van der Waals surface area contributed by atoms with Crippen LogP contribution in [-0.4, -0.2) is 40.7 Å². The van der Waals surface area contributed by atoms with Gasteiger partial charge >= 0.3 is 0 Å². The van der Waals surface area contributed by atoms with Crippen LogP contribution in [0.4, 0.5) is 0 Å². The van der Waals surface area contributed by atoms with Crippen molar-refractivity contribution in [2.45, 2.75) is 31.3 Å². The van der Waals surface area contributed by atoms with E-state index in [2.05, 4.69) is 26.4 Å². The van der Waals surface area contributed by atoms with Crippen LogP contribution >= 0.6 is 0 Å². The fourth-order valence-electron chi connectivity index (χ4n) is 2.08. The molecule has 2 heterocycles. The minimum Gasteiger partial charge on any atom is -0.338 e. The molecule has 1 aliphatic carbocycles. The topological polar surface area (TPSA) is 78.0 Å². The van der Waals surface area contributed by atoms with Crippen LogP contribution in [0.2, 0.25) is 0 Å². The third-order valence-electron chi connectivity index (χ3n) is 3.27. The predicted octanol–water partition coefficient (Wildman–Crippen LogP) is 0.244. The average molecular weight is 233 g/mol. The molecule has 1 aliphatic heterocycles. The molecule has 0 bridgehead atoms. The van der Waals surface area contributed by atoms with Crippen molar-refractivity contribution < 1.29 is 4.52 Å². The molecule has 1 atom stereocenters. The molecule has 0 aromatic carbocycles. The number of nitrogens with zero attached hydrogens (tertiary/aromatic N) is 4. The van der Waals surface area contributed by atoms with Crippen molar-refractivity contribution in [3.63, 3.8) is 0 Å². The molecule has 6 heteroatoms. The molecule has 2 aliphatic rings. The van der Waals surface area contributed by atoms with Gasteiger partial charge in [0, 0.05) is 25.6 Å². The van der Waals surface area contributed by atoms with Gasteiger partial charge < -0.3 is 9.84 Å². The van der Waals surface area contributed by atoms with Crippen molar-refractivity contribution in [3.05, 3.63) is 11.7 Å². The second-order valence-corrected chi connectivity index (χ2v) is 4.64. The standard InChI is InChI=1S/C11H15N5O/c12-5-9-6-13-3-4-16(9)7-10-14-11(15-17-10)8-1-2-8/h8-9,13H,1-4,6-7H2. The summed E-state index contributed by atoms with van der Waals surface area (Å²) in [5.74, 6) is 1.99. The van der Waals surface area contributed by atoms with E-state index in [-0.39, 0.29) is 6.04 Å². The van der Waals surface area contributed by atoms with E-state index in [1.807, 2.05) is 0 Å². The Balaban J connectivity index is 1.65. The molecular weight excluding hydrogens is 218 g/mol. The third kappa shape index (κ3) is 2.30. The Morgan fingerprint density at radius 1 is 1.53 bits per heavy atom. The molecule has 6 nitrogen and oxygen atoms in total. The highest BCUT2D eigenvalue weighted by molar-refractivity contribution is 5.04. The first kappa shape index (κ1) is 10.7. The van der Waals surface area contributed by atoms with Gasteiger partial charge in [0.25, 0.3) is 0 Å². The van der Waals surface area contributed by atoms with Crippen LogP contribution in [0.1, 0.15) is 30.5 Å². The summed E-state index contributed by atoms with van der Waals surface area (Å²) in [6, 6.07) is 2.19. The lowest BCUT2D eigenvalue weighted by Crippen LogP contribution is -2.50. The second-order valence-electron chi connectivity index (χ2n) is 4.64. The van der Waals surface area contributed by atoms with Gasteiger partial charge in [0.05, 0.1) is 12.6 Å². The zero-order valence-corrected chi connectivity index (χ0v) is 9.59. The molecule has 1 saturated carbocycles. The Morgan fingerprint density at radius 3 is 3.18 bits per heavy atom. The maximum Gasteiger partial charge on any atom is 0.240 e. The monoisotopic (exact) mass is 233 g/mol. The average Bonchev–Trinajstić information content (AvgIpc) is 3.11. The van der Waals surface area contributed by atoms with Crippen molar-refractivity contribution in [2.75, 3.05) is 19.6 Å². The minimum atomic E-state index is -0.0972. The fraction of sp³-hybridized carbons (Fsp3) is 0.727. The van der Waals surface area contributed by atoms with E-state index in [4.69, 9.17) is 9.78 Å². The van der Waals surface area contributed by atoms with Crippen LogP contribution < -0.4 is 5.32 Å². The summed E-state index contributed by atoms with van der Waals surface area (Å²) in [5.41, 5.74) is 0. The molecule has 17 heavy (non-hydrogen) atoms. The van der Waals surface area contributed by atoms with E-state index >= 15 is 0 Å². The summed E-state index contributed by atoms with van der Waals surface area (Å²) < 4.78 is 5.23. The normalized spacial score (nSPS) is 25.7. The molecule has 2 fully saturated rings. The van der Waals surface area contributed by atoms with Crippen molar-refractivity contribution in [3.8, 4) is 6.07 Å². The molecule has 1 saturated heterocycles. The van der Waals surface area contributed by atoms with Crippen LogP contribution in [0, 0.1) is 11.3 Å². The van der Waals surface area contributed by atoms with Gasteiger partial charge in [0.2, 0.25) is 5.89 Å². The first-order valence-corrected chi connectivity index (χ1v) is 6.03. The van der Waals surface area contributed by atoms with Crippen molar-refractivity contribution >= 4 is 0 Å². The van der Waals surface area contributed by atoms with Crippen LogP contribution in [-0.2, 0) is 6.54 Å². The van der Waals surface area contributed by atoms with Gasteiger partial charge in [-0.1, -0.05) is 5.16 Å². The number of hydrogen-bond acceptors (Lipinski definition) is 6. The molecule has 0 amide bonds. The van der Waals surface area contributed by atoms with Crippen molar-refractivity contribution in [1.82, 2.24) is 20.4 Å². The number of rotatable bonds is 3. The van der Waals surface area contributed by atoms with Crippen LogP contribution in [0.5, 0.6) is 0 Å². The lowest BCUT2D eigenvalue weighted by atomic mass is 10.2. The van der Waals surface area contributed by atoms with E-state index < -0.39 is 0 Å². The van der Waals surface area contributed by atoms with Gasteiger partial charge in [0.1, 0.15) is 6.04 Å². The molecular formula is C11H15N5O. The lowest BCUT2D eigenvalue weighted by Gasteiger charge is -2.30. The number of piperazine rings is 1. The summed E-state index contributed by atoms with van der Waals surface area (Å²) in [4.78, 5) is 6.47. The molecule has 1 aromatic rings. The summed E-state index contributed by atoms with van der Waals surface area (Å²) in [5, 5.41) is 16.2. The quantitative estimate of drug-likeness (QED) is 0.806. The van der Waals surface area contributed by atoms with Gasteiger partial charge in [0.15, 0.2) is 5.82 Å². The molecule has 1 aromatic heterocycles. The second kappa shape index (κ2) is 4.43. The lowest BCUT2D eigenvalue weighted by molar-refractivity contribution is 0.166. The zero-order valence-electron chi connectivity index (χ0n) is 9.59. The first-order chi connectivity index (χ1) is 8.36. The van der Waals surface area contributed by atoms with E-state index in [1.165, 1.54) is 12.8 Å². The Morgan fingerprint density at radius 2 is 2.41 bits per heavy atom. The highest BCUT2D eigenvalue weighted by atomic mass is 16.5. The summed E-state index contributed by atoms with van der Waals surface area (Å²) in [7, 11) is 0. The first-order valence-electron chi connectivity index (χ1n) is 6.03. The number of aromatic nitrogens is 2. The zero-order chi connectivity index (χ0) is 11.7. The van der Waals surface area contributed by atoms with Crippen LogP contribution in [0.15, 0.2) is 4.52 Å². The Labute approximate surface area is 99.6 Å². The Bertz CT molecular complexity index is 433. The van der Waals surface area contributed by atoms with Gasteiger partial charge in [-0.25, -0.2) is 0 Å². The van der Waals surface area contributed by atoms with Gasteiger partial charge in [-0.15, -0.1) is 0 Å². The smallest absolute Gasteiger partial charge is 0.240 e. The number of hydrogen-bond donors (Lipinski definition) is 1. The van der Waals surface area contributed by atoms with Crippen molar-refractivity contribution in [2.24, 2.45) is 0 Å². The molecule has 3 rings (SSSR count). The van der Waals surface area contributed by atoms with Crippen LogP contribution in [0.3, 0.4) is 0 Å². The van der Waals surface area contributed by atoms with Crippen molar-refractivity contribution in [1.29, 1.82) is 5.26 Å². The highest BCUT2D eigenvalue weighted by Crippen LogP contribution is 2.38.